The molecule has 2 N–H and O–H groups in total. The highest BCUT2D eigenvalue weighted by Crippen LogP contribution is 2.29. The number of nitro benzene ring substituents is 1. The van der Waals surface area contributed by atoms with E-state index in [0.717, 1.165) is 27.2 Å². The number of rotatable bonds is 7. The summed E-state index contributed by atoms with van der Waals surface area (Å²) in [4.78, 5) is 10.3. The van der Waals surface area contributed by atoms with E-state index in [1.165, 1.54) is 18.3 Å². The third-order valence-corrected chi connectivity index (χ3v) is 6.51. The Kier molecular flexibility index (Phi) is 6.71. The minimum absolute atomic E-state index is 0.103. The summed E-state index contributed by atoms with van der Waals surface area (Å²) in [5.74, 6) is 0. The lowest BCUT2D eigenvalue weighted by Crippen LogP contribution is -2.16. The van der Waals surface area contributed by atoms with E-state index >= 15 is 0 Å². The number of benzene rings is 3. The van der Waals surface area contributed by atoms with Crippen molar-refractivity contribution in [1.29, 1.82) is 0 Å². The molecule has 0 spiro atoms. The van der Waals surface area contributed by atoms with E-state index in [4.69, 9.17) is 0 Å². The molecule has 0 saturated carbocycles. The molecule has 0 saturated heterocycles. The molecule has 3 rings (SSSR count). The lowest BCUT2D eigenvalue weighted by molar-refractivity contribution is -0.385. The minimum Gasteiger partial charge on any atom is -0.279 e. The van der Waals surface area contributed by atoms with Crippen molar-refractivity contribution in [3.63, 3.8) is 0 Å². The van der Waals surface area contributed by atoms with Gasteiger partial charge in [0.1, 0.15) is 4.90 Å². The summed E-state index contributed by atoms with van der Waals surface area (Å²) in [6, 6.07) is 16.2. The first-order chi connectivity index (χ1) is 14.7. The van der Waals surface area contributed by atoms with E-state index in [2.05, 4.69) is 31.2 Å². The van der Waals surface area contributed by atoms with Crippen molar-refractivity contribution in [3.8, 4) is 0 Å². The number of nitrogens with one attached hydrogen (secondary N) is 2. The Hall–Kier alpha value is -3.24. The molecule has 0 unspecified atom stereocenters. The maximum atomic E-state index is 13.1. The molecule has 0 aliphatic heterocycles. The second kappa shape index (κ2) is 9.27. The monoisotopic (exact) mass is 502 g/mol. The Bertz CT molecular complexity index is 1280. The average Bonchev–Trinajstić information content (AvgIpc) is 2.71. The normalized spacial score (nSPS) is 11.5. The SMILES string of the molecule is Cc1ccc(NS(=O)(=O)c2cc([N+](=O)[O-])ccc2N/N=C\c2ccccc2Br)c(C)c1. The molecular formula is C21H19BrN4O4S. The first kappa shape index (κ1) is 22.4. The van der Waals surface area contributed by atoms with E-state index in [0.29, 0.717) is 5.69 Å². The van der Waals surface area contributed by atoms with Crippen molar-refractivity contribution in [2.24, 2.45) is 5.10 Å². The summed E-state index contributed by atoms with van der Waals surface area (Å²) in [7, 11) is -4.14. The molecule has 31 heavy (non-hydrogen) atoms. The lowest BCUT2D eigenvalue weighted by atomic mass is 10.1. The summed E-state index contributed by atoms with van der Waals surface area (Å²) in [5, 5.41) is 15.3. The summed E-state index contributed by atoms with van der Waals surface area (Å²) in [6.45, 7) is 3.68. The highest BCUT2D eigenvalue weighted by Gasteiger charge is 2.23. The Morgan fingerprint density at radius 1 is 1.03 bits per heavy atom. The predicted molar refractivity (Wildman–Crippen MR) is 125 cm³/mol. The second-order valence-corrected chi connectivity index (χ2v) is 9.26. The molecule has 160 valence electrons. The van der Waals surface area contributed by atoms with E-state index in [-0.39, 0.29) is 16.3 Å². The smallest absolute Gasteiger partial charge is 0.270 e. The molecule has 0 aliphatic rings. The number of anilines is 2. The van der Waals surface area contributed by atoms with Gasteiger partial charge in [-0.05, 0) is 37.6 Å². The van der Waals surface area contributed by atoms with Crippen molar-refractivity contribution in [1.82, 2.24) is 0 Å². The molecule has 3 aromatic carbocycles. The van der Waals surface area contributed by atoms with Crippen molar-refractivity contribution in [2.45, 2.75) is 18.7 Å². The molecule has 3 aromatic rings. The fourth-order valence-electron chi connectivity index (χ4n) is 2.82. The van der Waals surface area contributed by atoms with E-state index < -0.39 is 14.9 Å². The standard InChI is InChI=1S/C21H19BrN4O4S/c1-14-7-9-19(15(2)11-14)25-31(29,30)21-12-17(26(27)28)8-10-20(21)24-23-13-16-5-3-4-6-18(16)22/h3-13,24-25H,1-2H3/b23-13-. The van der Waals surface area contributed by atoms with Crippen molar-refractivity contribution < 1.29 is 13.3 Å². The first-order valence-corrected chi connectivity index (χ1v) is 11.4. The van der Waals surface area contributed by atoms with Gasteiger partial charge in [-0.2, -0.15) is 5.10 Å². The number of sulfonamides is 1. The molecule has 8 nitrogen and oxygen atoms in total. The minimum atomic E-state index is -4.14. The summed E-state index contributed by atoms with van der Waals surface area (Å²) in [6.07, 6.45) is 1.51. The van der Waals surface area contributed by atoms with E-state index in [9.17, 15) is 18.5 Å². The zero-order valence-electron chi connectivity index (χ0n) is 16.7. The maximum Gasteiger partial charge on any atom is 0.270 e. The molecule has 0 radical (unpaired) electrons. The summed E-state index contributed by atoms with van der Waals surface area (Å²) < 4.78 is 29.5. The van der Waals surface area contributed by atoms with Crippen molar-refractivity contribution in [3.05, 3.63) is 91.9 Å². The topological polar surface area (TPSA) is 114 Å². The Morgan fingerprint density at radius 2 is 1.74 bits per heavy atom. The van der Waals surface area contributed by atoms with Crippen LogP contribution in [0.3, 0.4) is 0 Å². The fourth-order valence-corrected chi connectivity index (χ4v) is 4.51. The molecule has 0 amide bonds. The molecule has 0 aromatic heterocycles. The first-order valence-electron chi connectivity index (χ1n) is 9.09. The van der Waals surface area contributed by atoms with Gasteiger partial charge in [0.05, 0.1) is 22.5 Å². The number of nitro groups is 1. The van der Waals surface area contributed by atoms with Gasteiger partial charge in [-0.15, -0.1) is 0 Å². The number of halogens is 1. The number of hydrogen-bond acceptors (Lipinski definition) is 6. The van der Waals surface area contributed by atoms with Crippen LogP contribution in [0.2, 0.25) is 0 Å². The van der Waals surface area contributed by atoms with Crippen molar-refractivity contribution in [2.75, 3.05) is 10.1 Å². The van der Waals surface area contributed by atoms with Crippen LogP contribution >= 0.6 is 15.9 Å². The van der Waals surface area contributed by atoms with Gasteiger partial charge in [0, 0.05) is 22.2 Å². The van der Waals surface area contributed by atoms with Crippen LogP contribution in [0, 0.1) is 24.0 Å². The van der Waals surface area contributed by atoms with Gasteiger partial charge in [-0.25, -0.2) is 8.42 Å². The molecule has 0 heterocycles. The van der Waals surface area contributed by atoms with Gasteiger partial charge >= 0.3 is 0 Å². The van der Waals surface area contributed by atoms with Crippen LogP contribution in [0.25, 0.3) is 0 Å². The summed E-state index contributed by atoms with van der Waals surface area (Å²) >= 11 is 3.40. The lowest BCUT2D eigenvalue weighted by Gasteiger charge is -2.14. The van der Waals surface area contributed by atoms with Crippen LogP contribution in [-0.2, 0) is 10.0 Å². The molecule has 0 atom stereocenters. The third-order valence-electron chi connectivity index (χ3n) is 4.39. The number of non-ortho nitro benzene ring substituents is 1. The Balaban J connectivity index is 1.97. The summed E-state index contributed by atoms with van der Waals surface area (Å²) in [5.41, 5.74) is 5.31. The van der Waals surface area contributed by atoms with Gasteiger partial charge in [0.25, 0.3) is 15.7 Å². The molecule has 0 aliphatic carbocycles. The molecule has 0 bridgehead atoms. The predicted octanol–water partition coefficient (Wildman–Crippen LogP) is 5.22. The van der Waals surface area contributed by atoms with Crippen LogP contribution in [0.5, 0.6) is 0 Å². The highest BCUT2D eigenvalue weighted by atomic mass is 79.9. The van der Waals surface area contributed by atoms with E-state index in [1.807, 2.05) is 37.3 Å². The molecule has 10 heteroatoms. The number of aryl methyl sites for hydroxylation is 2. The number of nitrogens with zero attached hydrogens (tertiary/aromatic N) is 2. The number of hydrogen-bond donors (Lipinski definition) is 2. The molecule has 0 fully saturated rings. The highest BCUT2D eigenvalue weighted by molar-refractivity contribution is 9.10. The van der Waals surface area contributed by atoms with Gasteiger partial charge in [-0.1, -0.05) is 51.8 Å². The Morgan fingerprint density at radius 3 is 2.42 bits per heavy atom. The Labute approximate surface area is 188 Å². The van der Waals surface area contributed by atoms with Crippen LogP contribution in [0.4, 0.5) is 17.1 Å². The molecular weight excluding hydrogens is 484 g/mol. The van der Waals surface area contributed by atoms with Crippen molar-refractivity contribution >= 4 is 49.2 Å². The fraction of sp³-hybridized carbons (Fsp3) is 0.0952. The second-order valence-electron chi connectivity index (χ2n) is 6.75. The van der Waals surface area contributed by atoms with Gasteiger partial charge in [-0.3, -0.25) is 20.3 Å². The van der Waals surface area contributed by atoms with E-state index in [1.54, 1.807) is 19.1 Å². The van der Waals surface area contributed by atoms with Crippen LogP contribution < -0.4 is 10.1 Å². The zero-order valence-corrected chi connectivity index (χ0v) is 19.1. The largest absolute Gasteiger partial charge is 0.279 e. The quantitative estimate of drug-likeness (QED) is 0.261. The maximum absolute atomic E-state index is 13.1. The third kappa shape index (κ3) is 5.47. The van der Waals surface area contributed by atoms with Crippen LogP contribution in [0.1, 0.15) is 16.7 Å². The number of hydrazone groups is 1. The van der Waals surface area contributed by atoms with Crippen LogP contribution in [-0.4, -0.2) is 19.6 Å². The van der Waals surface area contributed by atoms with Gasteiger partial charge in [0.2, 0.25) is 0 Å². The van der Waals surface area contributed by atoms with Crippen LogP contribution in [0.15, 0.2) is 75.1 Å². The zero-order chi connectivity index (χ0) is 22.6. The van der Waals surface area contributed by atoms with Gasteiger partial charge < -0.3 is 0 Å². The van der Waals surface area contributed by atoms with Gasteiger partial charge in [0.15, 0.2) is 0 Å². The average molecular weight is 503 g/mol.